The molecule has 1 aliphatic carbocycles. The summed E-state index contributed by atoms with van der Waals surface area (Å²) in [6.45, 7) is 3.98. The Labute approximate surface area is 322 Å². The Kier molecular flexibility index (Phi) is 15.5. The van der Waals surface area contributed by atoms with Crippen LogP contribution in [-0.2, 0) is 41.9 Å². The predicted molar refractivity (Wildman–Crippen MR) is 207 cm³/mol. The van der Waals surface area contributed by atoms with Crippen LogP contribution in [0.5, 0.6) is 0 Å². The zero-order valence-electron chi connectivity index (χ0n) is 31.5. The highest BCUT2D eigenvalue weighted by molar-refractivity contribution is 7.09. The summed E-state index contributed by atoms with van der Waals surface area (Å²) in [5.74, 6) is 0.491. The largest absolute Gasteiger partial charge is 0.441 e. The summed E-state index contributed by atoms with van der Waals surface area (Å²) in [6, 6.07) is 18.3. The molecule has 0 aliphatic heterocycles. The predicted octanol–water partition coefficient (Wildman–Crippen LogP) is 6.44. The molecule has 1 saturated carbocycles. The summed E-state index contributed by atoms with van der Waals surface area (Å²) in [4.78, 5) is 46.7. The fourth-order valence-electron chi connectivity index (χ4n) is 6.88. The monoisotopic (exact) mass is 758 g/mol. The van der Waals surface area contributed by atoms with Gasteiger partial charge in [-0.25, -0.2) is 14.6 Å². The number of thiazole rings is 1. The summed E-state index contributed by atoms with van der Waals surface area (Å²) in [6.07, 6.45) is 7.93. The molecule has 0 bridgehead atoms. The van der Waals surface area contributed by atoms with Crippen LogP contribution in [0.1, 0.15) is 80.0 Å². The molecular formula is C41H54N6O6S. The number of nitrogens with zero attached hydrogens (tertiary/aromatic N) is 3. The Hall–Kier alpha value is -4.75. The van der Waals surface area contributed by atoms with E-state index in [9.17, 15) is 19.5 Å². The van der Waals surface area contributed by atoms with Crippen molar-refractivity contribution in [1.29, 1.82) is 0 Å². The first kappa shape index (κ1) is 40.4. The van der Waals surface area contributed by atoms with Crippen LogP contribution in [0, 0.1) is 11.8 Å². The number of aromatic nitrogens is 2. The van der Waals surface area contributed by atoms with Gasteiger partial charge in [0.05, 0.1) is 35.6 Å². The van der Waals surface area contributed by atoms with Crippen LogP contribution in [0.4, 0.5) is 9.59 Å². The van der Waals surface area contributed by atoms with Crippen molar-refractivity contribution in [3.8, 4) is 0 Å². The van der Waals surface area contributed by atoms with Crippen LogP contribution in [0.15, 0.2) is 82.8 Å². The quantitative estimate of drug-likeness (QED) is 0.0904. The summed E-state index contributed by atoms with van der Waals surface area (Å²) in [5, 5.41) is 27.3. The van der Waals surface area contributed by atoms with Gasteiger partial charge in [0.25, 0.3) is 0 Å². The maximum Gasteiger partial charge on any atom is 0.407 e. The average Bonchev–Trinajstić information content (AvgIpc) is 3.86. The lowest BCUT2D eigenvalue weighted by atomic mass is 9.87. The second-order valence-electron chi connectivity index (χ2n) is 14.7. The summed E-state index contributed by atoms with van der Waals surface area (Å²) < 4.78 is 10.4. The number of alkyl carbamates (subject to hydrolysis) is 1. The van der Waals surface area contributed by atoms with Crippen molar-refractivity contribution in [2.45, 2.75) is 109 Å². The van der Waals surface area contributed by atoms with Crippen molar-refractivity contribution >= 4 is 29.4 Å². The molecule has 2 heterocycles. The third kappa shape index (κ3) is 13.0. The third-order valence-electron chi connectivity index (χ3n) is 9.86. The zero-order chi connectivity index (χ0) is 38.3. The number of amides is 4. The number of aliphatic hydroxyl groups is 1. The smallest absolute Gasteiger partial charge is 0.407 e. The van der Waals surface area contributed by atoms with Crippen LogP contribution in [0.3, 0.4) is 0 Å². The minimum Gasteiger partial charge on any atom is -0.441 e. The highest BCUT2D eigenvalue weighted by Crippen LogP contribution is 2.28. The second-order valence-corrected chi connectivity index (χ2v) is 15.6. The van der Waals surface area contributed by atoms with E-state index in [4.69, 9.17) is 14.2 Å². The molecule has 2 aromatic carbocycles. The number of nitrogens with one attached hydrogen (secondary N) is 3. The lowest BCUT2D eigenvalue weighted by molar-refractivity contribution is -0.124. The minimum absolute atomic E-state index is 0.116. The molecule has 0 unspecified atom stereocenters. The molecule has 290 valence electrons. The van der Waals surface area contributed by atoms with Gasteiger partial charge >= 0.3 is 12.1 Å². The fraction of sp³-hybridized carbons (Fsp3) is 0.488. The molecule has 5 rings (SSSR count). The topological polar surface area (TPSA) is 159 Å². The highest BCUT2D eigenvalue weighted by Gasteiger charge is 2.31. The van der Waals surface area contributed by atoms with E-state index in [1.807, 2.05) is 79.9 Å². The molecule has 1 fully saturated rings. The minimum atomic E-state index is -1.07. The van der Waals surface area contributed by atoms with E-state index in [1.54, 1.807) is 29.4 Å². The van der Waals surface area contributed by atoms with Gasteiger partial charge in [0.2, 0.25) is 5.91 Å². The van der Waals surface area contributed by atoms with Crippen LogP contribution in [0.25, 0.3) is 0 Å². The van der Waals surface area contributed by atoms with Gasteiger partial charge in [0.15, 0.2) is 12.4 Å². The van der Waals surface area contributed by atoms with Gasteiger partial charge in [0, 0.05) is 31.0 Å². The van der Waals surface area contributed by atoms with Crippen LogP contribution in [-0.4, -0.2) is 69.5 Å². The normalized spacial score (nSPS) is 15.5. The second kappa shape index (κ2) is 20.6. The van der Waals surface area contributed by atoms with E-state index in [-0.39, 0.29) is 30.9 Å². The molecule has 1 aliphatic rings. The molecule has 4 aromatic rings. The van der Waals surface area contributed by atoms with Gasteiger partial charge in [0.1, 0.15) is 6.04 Å². The van der Waals surface area contributed by atoms with Crippen LogP contribution >= 0.6 is 11.3 Å². The van der Waals surface area contributed by atoms with E-state index in [1.165, 1.54) is 38.3 Å². The standard InChI is InChI=1S/C41H54N6O6S/c1-28(2)38(46-40(50)47(3)25-33-27-54-37(43-33)23-31-17-11-6-12-18-31)39(49)44-32(21-29-13-7-4-8-14-29)24-36(48)35(22-30-15-9-5-10-16-30)45-41(51)52-26-34-19-20-42-53-34/h4-5,7-10,13-16,19-20,27-28,31-32,35-36,38,48H,6,11-12,17-18,21-26H2,1-3H3,(H,44,49)(H,45,51)(H,46,50)/t32-,35-,36-,38-/m0/s1. The molecular weight excluding hydrogens is 705 g/mol. The highest BCUT2D eigenvalue weighted by atomic mass is 32.1. The van der Waals surface area contributed by atoms with Crippen LogP contribution < -0.4 is 16.0 Å². The molecule has 0 radical (unpaired) electrons. The Morgan fingerprint density at radius 1 is 0.944 bits per heavy atom. The van der Waals surface area contributed by atoms with Crippen molar-refractivity contribution in [3.05, 3.63) is 106 Å². The summed E-state index contributed by atoms with van der Waals surface area (Å²) in [5.41, 5.74) is 2.71. The zero-order valence-corrected chi connectivity index (χ0v) is 32.3. The van der Waals surface area contributed by atoms with Gasteiger partial charge in [-0.05, 0) is 42.2 Å². The van der Waals surface area contributed by atoms with Crippen LogP contribution in [0.2, 0.25) is 0 Å². The van der Waals surface area contributed by atoms with E-state index >= 15 is 0 Å². The van der Waals surface area contributed by atoms with Crippen molar-refractivity contribution in [3.63, 3.8) is 0 Å². The van der Waals surface area contributed by atoms with E-state index in [0.717, 1.165) is 28.2 Å². The number of carbonyl (C=O) groups excluding carboxylic acids is 3. The number of aliphatic hydroxyl groups excluding tert-OH is 1. The van der Waals surface area contributed by atoms with E-state index in [2.05, 4.69) is 21.1 Å². The van der Waals surface area contributed by atoms with Gasteiger partial charge in [-0.15, -0.1) is 11.3 Å². The fourth-order valence-corrected chi connectivity index (χ4v) is 7.78. The molecule has 12 nitrogen and oxygen atoms in total. The maximum atomic E-state index is 14.0. The molecule has 2 aromatic heterocycles. The first-order valence-corrected chi connectivity index (χ1v) is 19.8. The Morgan fingerprint density at radius 3 is 2.28 bits per heavy atom. The number of benzene rings is 2. The van der Waals surface area contributed by atoms with E-state index < -0.39 is 30.3 Å². The molecule has 54 heavy (non-hydrogen) atoms. The van der Waals surface area contributed by atoms with Gasteiger partial charge < -0.3 is 35.2 Å². The van der Waals surface area contributed by atoms with Gasteiger partial charge in [-0.2, -0.15) is 0 Å². The summed E-state index contributed by atoms with van der Waals surface area (Å²) >= 11 is 1.65. The SMILES string of the molecule is CC(C)[C@H](NC(=O)N(C)Cc1csc(CC2CCCCC2)n1)C(=O)N[C@@H](Cc1ccccc1)C[C@H](O)[C@H](Cc1ccccc1)NC(=O)OCc1ccno1. The average molecular weight is 759 g/mol. The Balaban J connectivity index is 1.23. The molecule has 4 N–H and O–H groups in total. The first-order valence-electron chi connectivity index (χ1n) is 19.0. The third-order valence-corrected chi connectivity index (χ3v) is 10.8. The number of hydrogen-bond donors (Lipinski definition) is 4. The number of urea groups is 1. The molecule has 13 heteroatoms. The molecule has 0 spiro atoms. The Morgan fingerprint density at radius 2 is 1.63 bits per heavy atom. The number of hydrogen-bond acceptors (Lipinski definition) is 9. The van der Waals surface area contributed by atoms with Gasteiger partial charge in [-0.3, -0.25) is 4.79 Å². The van der Waals surface area contributed by atoms with Gasteiger partial charge in [-0.1, -0.05) is 112 Å². The lowest BCUT2D eigenvalue weighted by Crippen LogP contribution is -2.55. The van der Waals surface area contributed by atoms with Crippen molar-refractivity contribution < 1.29 is 28.8 Å². The molecule has 0 saturated heterocycles. The summed E-state index contributed by atoms with van der Waals surface area (Å²) in [7, 11) is 1.70. The van der Waals surface area contributed by atoms with Crippen molar-refractivity contribution in [1.82, 2.24) is 31.0 Å². The van der Waals surface area contributed by atoms with Crippen molar-refractivity contribution in [2.75, 3.05) is 7.05 Å². The Bertz CT molecular complexity index is 1710. The molecule has 4 atom stereocenters. The first-order chi connectivity index (χ1) is 26.1. The number of rotatable bonds is 18. The maximum absolute atomic E-state index is 14.0. The van der Waals surface area contributed by atoms with E-state index in [0.29, 0.717) is 31.1 Å². The number of ether oxygens (including phenoxy) is 1. The lowest BCUT2D eigenvalue weighted by Gasteiger charge is -2.30. The number of carbonyl (C=O) groups is 3. The molecule has 4 amide bonds. The van der Waals surface area contributed by atoms with Crippen molar-refractivity contribution in [2.24, 2.45) is 11.8 Å².